The second kappa shape index (κ2) is 8.58. The summed E-state index contributed by atoms with van der Waals surface area (Å²) in [7, 11) is 0. The maximum absolute atomic E-state index is 12.2. The first kappa shape index (κ1) is 18.1. The standard InChI is InChI=1S/C16H17F2N3O2S/c1-10(12-4-6-13(7-5-12)23-15(17)18)21-14(22)11(2)24-16-19-8-3-9-20-16/h3-11,15H,1-2H3,(H,21,22)/t10-,11-/m0/s1. The first-order valence-electron chi connectivity index (χ1n) is 7.24. The number of thioether (sulfide) groups is 1. The van der Waals surface area contributed by atoms with Crippen LogP contribution in [0.4, 0.5) is 8.78 Å². The van der Waals surface area contributed by atoms with Crippen molar-refractivity contribution in [2.24, 2.45) is 0 Å². The number of carbonyl (C=O) groups excluding carboxylic acids is 1. The number of ether oxygens (including phenoxy) is 1. The maximum atomic E-state index is 12.2. The molecule has 8 heteroatoms. The summed E-state index contributed by atoms with van der Waals surface area (Å²) in [6, 6.07) is 7.61. The van der Waals surface area contributed by atoms with E-state index in [9.17, 15) is 13.6 Å². The van der Waals surface area contributed by atoms with Crippen LogP contribution < -0.4 is 10.1 Å². The first-order valence-corrected chi connectivity index (χ1v) is 8.12. The summed E-state index contributed by atoms with van der Waals surface area (Å²) < 4.78 is 28.6. The van der Waals surface area contributed by atoms with Gasteiger partial charge < -0.3 is 10.1 Å². The second-order valence-electron chi connectivity index (χ2n) is 4.97. The number of halogens is 2. The minimum atomic E-state index is -2.86. The third-order valence-electron chi connectivity index (χ3n) is 3.16. The Morgan fingerprint density at radius 2 is 1.79 bits per heavy atom. The fourth-order valence-electron chi connectivity index (χ4n) is 1.91. The largest absolute Gasteiger partial charge is 0.435 e. The van der Waals surface area contributed by atoms with Crippen LogP contribution in [0.25, 0.3) is 0 Å². The Kier molecular flexibility index (Phi) is 6.48. The van der Waals surface area contributed by atoms with E-state index in [1.807, 2.05) is 6.92 Å². The summed E-state index contributed by atoms with van der Waals surface area (Å²) >= 11 is 1.26. The van der Waals surface area contributed by atoms with E-state index < -0.39 is 6.61 Å². The Hall–Kier alpha value is -2.22. The number of benzene rings is 1. The third kappa shape index (κ3) is 5.45. The number of hydrogen-bond donors (Lipinski definition) is 1. The second-order valence-corrected chi connectivity index (χ2v) is 6.28. The van der Waals surface area contributed by atoms with Crippen LogP contribution in [0.2, 0.25) is 0 Å². The van der Waals surface area contributed by atoms with E-state index in [2.05, 4.69) is 20.0 Å². The van der Waals surface area contributed by atoms with Crippen LogP contribution in [0.5, 0.6) is 5.75 Å². The number of nitrogens with one attached hydrogen (secondary N) is 1. The van der Waals surface area contributed by atoms with Crippen molar-refractivity contribution < 1.29 is 18.3 Å². The lowest BCUT2D eigenvalue weighted by atomic mass is 10.1. The van der Waals surface area contributed by atoms with Crippen molar-refractivity contribution >= 4 is 17.7 Å². The van der Waals surface area contributed by atoms with Crippen LogP contribution in [0.3, 0.4) is 0 Å². The van der Waals surface area contributed by atoms with E-state index in [0.29, 0.717) is 5.16 Å². The fourth-order valence-corrected chi connectivity index (χ4v) is 2.64. The molecular weight excluding hydrogens is 336 g/mol. The molecule has 0 aliphatic rings. The molecule has 5 nitrogen and oxygen atoms in total. The summed E-state index contributed by atoms with van der Waals surface area (Å²) in [6.07, 6.45) is 3.23. The van der Waals surface area contributed by atoms with Gasteiger partial charge in [-0.3, -0.25) is 4.79 Å². The molecule has 2 rings (SSSR count). The normalized spacial score (nSPS) is 13.4. The van der Waals surface area contributed by atoms with Crippen molar-refractivity contribution in [1.29, 1.82) is 0 Å². The molecule has 0 aliphatic heterocycles. The summed E-state index contributed by atoms with van der Waals surface area (Å²) in [5.74, 6) is -0.0784. The summed E-state index contributed by atoms with van der Waals surface area (Å²) in [5, 5.41) is 3.04. The molecular formula is C16H17F2N3O2S. The maximum Gasteiger partial charge on any atom is 0.387 e. The van der Waals surface area contributed by atoms with Gasteiger partial charge in [0.15, 0.2) is 5.16 Å². The predicted molar refractivity (Wildman–Crippen MR) is 87.0 cm³/mol. The van der Waals surface area contributed by atoms with E-state index in [-0.39, 0.29) is 22.9 Å². The lowest BCUT2D eigenvalue weighted by Gasteiger charge is -2.17. The molecule has 2 aromatic rings. The van der Waals surface area contributed by atoms with E-state index in [1.165, 1.54) is 23.9 Å². The van der Waals surface area contributed by atoms with E-state index in [1.54, 1.807) is 37.5 Å². The Labute approximate surface area is 142 Å². The number of aromatic nitrogens is 2. The van der Waals surface area contributed by atoms with Gasteiger partial charge >= 0.3 is 6.61 Å². The van der Waals surface area contributed by atoms with Crippen LogP contribution in [-0.2, 0) is 4.79 Å². The van der Waals surface area contributed by atoms with Gasteiger partial charge in [0.1, 0.15) is 5.75 Å². The third-order valence-corrected chi connectivity index (χ3v) is 4.15. The topological polar surface area (TPSA) is 64.1 Å². The van der Waals surface area contributed by atoms with Gasteiger partial charge in [-0.05, 0) is 37.6 Å². The van der Waals surface area contributed by atoms with Gasteiger partial charge in [-0.2, -0.15) is 8.78 Å². The van der Waals surface area contributed by atoms with Crippen LogP contribution in [0, 0.1) is 0 Å². The molecule has 0 fully saturated rings. The number of alkyl halides is 2. The van der Waals surface area contributed by atoms with Gasteiger partial charge in [-0.1, -0.05) is 23.9 Å². The average Bonchev–Trinajstić information content (AvgIpc) is 2.55. The van der Waals surface area contributed by atoms with E-state index in [0.717, 1.165) is 5.56 Å². The van der Waals surface area contributed by atoms with Crippen molar-refractivity contribution in [1.82, 2.24) is 15.3 Å². The van der Waals surface area contributed by atoms with Gasteiger partial charge in [0.2, 0.25) is 5.91 Å². The lowest BCUT2D eigenvalue weighted by molar-refractivity contribution is -0.120. The summed E-state index contributed by atoms with van der Waals surface area (Å²) in [5.41, 5.74) is 0.790. The Bertz CT molecular complexity index is 656. The van der Waals surface area contributed by atoms with E-state index >= 15 is 0 Å². The zero-order chi connectivity index (χ0) is 17.5. The molecule has 128 valence electrons. The Morgan fingerprint density at radius 3 is 2.38 bits per heavy atom. The van der Waals surface area contributed by atoms with Crippen LogP contribution in [0.1, 0.15) is 25.5 Å². The molecule has 24 heavy (non-hydrogen) atoms. The Morgan fingerprint density at radius 1 is 1.17 bits per heavy atom. The van der Waals surface area contributed by atoms with Gasteiger partial charge in [0.25, 0.3) is 0 Å². The smallest absolute Gasteiger partial charge is 0.387 e. The van der Waals surface area contributed by atoms with Crippen LogP contribution in [0.15, 0.2) is 47.9 Å². The molecule has 0 aliphatic carbocycles. The molecule has 1 heterocycles. The van der Waals surface area contributed by atoms with Crippen LogP contribution >= 0.6 is 11.8 Å². The van der Waals surface area contributed by atoms with Gasteiger partial charge in [-0.25, -0.2) is 9.97 Å². The highest BCUT2D eigenvalue weighted by molar-refractivity contribution is 8.00. The highest BCUT2D eigenvalue weighted by Crippen LogP contribution is 2.22. The number of amides is 1. The lowest BCUT2D eigenvalue weighted by Crippen LogP contribution is -2.33. The molecule has 1 N–H and O–H groups in total. The van der Waals surface area contributed by atoms with Crippen molar-refractivity contribution in [2.45, 2.75) is 36.9 Å². The molecule has 1 amide bonds. The monoisotopic (exact) mass is 353 g/mol. The number of carbonyl (C=O) groups is 1. The van der Waals surface area contributed by atoms with Gasteiger partial charge in [0.05, 0.1) is 11.3 Å². The van der Waals surface area contributed by atoms with Crippen molar-refractivity contribution in [3.8, 4) is 5.75 Å². The molecule has 0 unspecified atom stereocenters. The molecule has 0 saturated heterocycles. The highest BCUT2D eigenvalue weighted by Gasteiger charge is 2.18. The molecule has 0 bridgehead atoms. The number of hydrogen-bond acceptors (Lipinski definition) is 5. The van der Waals surface area contributed by atoms with Gasteiger partial charge in [-0.15, -0.1) is 0 Å². The summed E-state index contributed by atoms with van der Waals surface area (Å²) in [4.78, 5) is 20.4. The minimum Gasteiger partial charge on any atom is -0.435 e. The van der Waals surface area contributed by atoms with Crippen molar-refractivity contribution in [2.75, 3.05) is 0 Å². The molecule has 1 aromatic heterocycles. The molecule has 0 saturated carbocycles. The zero-order valence-electron chi connectivity index (χ0n) is 13.1. The van der Waals surface area contributed by atoms with Crippen LogP contribution in [-0.4, -0.2) is 27.7 Å². The molecule has 0 radical (unpaired) electrons. The number of nitrogens with zero attached hydrogens (tertiary/aromatic N) is 2. The zero-order valence-corrected chi connectivity index (χ0v) is 14.0. The Balaban J connectivity index is 1.90. The van der Waals surface area contributed by atoms with Gasteiger partial charge in [0, 0.05) is 12.4 Å². The molecule has 0 spiro atoms. The fraction of sp³-hybridized carbons (Fsp3) is 0.312. The first-order chi connectivity index (χ1) is 11.5. The highest BCUT2D eigenvalue weighted by atomic mass is 32.2. The number of rotatable bonds is 7. The summed E-state index contributed by atoms with van der Waals surface area (Å²) in [6.45, 7) is 0.728. The molecule has 2 atom stereocenters. The predicted octanol–water partition coefficient (Wildman–Crippen LogP) is 3.44. The average molecular weight is 353 g/mol. The van der Waals surface area contributed by atoms with Crippen molar-refractivity contribution in [3.63, 3.8) is 0 Å². The minimum absolute atomic E-state index is 0.0810. The van der Waals surface area contributed by atoms with Crippen molar-refractivity contribution in [3.05, 3.63) is 48.3 Å². The molecule has 1 aromatic carbocycles. The quantitative estimate of drug-likeness (QED) is 0.610. The van der Waals surface area contributed by atoms with E-state index in [4.69, 9.17) is 0 Å². The SMILES string of the molecule is C[C@H](Sc1ncccn1)C(=O)N[C@@H](C)c1ccc(OC(F)F)cc1.